The minimum atomic E-state index is -1.34. The van der Waals surface area contributed by atoms with Gasteiger partial charge in [0.1, 0.15) is 17.1 Å². The number of phenols is 1. The van der Waals surface area contributed by atoms with Gasteiger partial charge in [-0.05, 0) is 24.6 Å². The molecule has 0 bridgehead atoms. The predicted molar refractivity (Wildman–Crippen MR) is 39.8 cm³/mol. The van der Waals surface area contributed by atoms with E-state index in [0.29, 0.717) is 0 Å². The summed E-state index contributed by atoms with van der Waals surface area (Å²) in [6, 6.07) is 1.85. The maximum Gasteiger partial charge on any atom is 0.339 e. The molecule has 0 atom stereocenters. The van der Waals surface area contributed by atoms with Crippen molar-refractivity contribution >= 4 is 5.97 Å². The zero-order valence-electron chi connectivity index (χ0n) is 6.34. The number of aryl methyl sites for hydroxylation is 1. The van der Waals surface area contributed by atoms with Gasteiger partial charge in [0.25, 0.3) is 0 Å². The number of carboxylic acid groups (broad SMARTS) is 1. The zero-order valence-corrected chi connectivity index (χ0v) is 6.34. The molecule has 12 heavy (non-hydrogen) atoms. The number of hydrogen-bond acceptors (Lipinski definition) is 2. The summed E-state index contributed by atoms with van der Waals surface area (Å²) < 4.78 is 12.6. The predicted octanol–water partition coefficient (Wildman–Crippen LogP) is 1.54. The van der Waals surface area contributed by atoms with Gasteiger partial charge in [0.2, 0.25) is 0 Å². The van der Waals surface area contributed by atoms with Crippen LogP contribution in [0.5, 0.6) is 5.75 Å². The lowest BCUT2D eigenvalue weighted by Gasteiger charge is -2.02. The number of rotatable bonds is 1. The number of hydrogen-bond donors (Lipinski definition) is 2. The van der Waals surface area contributed by atoms with Crippen LogP contribution in [-0.2, 0) is 0 Å². The van der Waals surface area contributed by atoms with E-state index in [1.165, 1.54) is 6.92 Å². The smallest absolute Gasteiger partial charge is 0.339 e. The fourth-order valence-corrected chi connectivity index (χ4v) is 0.899. The largest absolute Gasteiger partial charge is 0.507 e. The van der Waals surface area contributed by atoms with Crippen LogP contribution >= 0.6 is 0 Å². The SMILES string of the molecule is Cc1cc(F)cc(C(=O)O)c1O. The van der Waals surface area contributed by atoms with Crippen molar-refractivity contribution in [2.24, 2.45) is 0 Å². The number of halogens is 1. The second kappa shape index (κ2) is 2.81. The molecule has 0 spiro atoms. The Morgan fingerprint density at radius 2 is 2.08 bits per heavy atom. The third-order valence-electron chi connectivity index (χ3n) is 1.50. The van der Waals surface area contributed by atoms with Gasteiger partial charge in [-0.1, -0.05) is 0 Å². The fourth-order valence-electron chi connectivity index (χ4n) is 0.899. The second-order valence-electron chi connectivity index (χ2n) is 2.42. The third-order valence-corrected chi connectivity index (χ3v) is 1.50. The molecule has 0 heterocycles. The first kappa shape index (κ1) is 8.52. The van der Waals surface area contributed by atoms with Crippen molar-refractivity contribution in [3.05, 3.63) is 29.1 Å². The molecule has 0 unspecified atom stereocenters. The number of aromatic carboxylic acids is 1. The van der Waals surface area contributed by atoms with E-state index in [-0.39, 0.29) is 11.3 Å². The van der Waals surface area contributed by atoms with Crippen molar-refractivity contribution < 1.29 is 19.4 Å². The number of aromatic hydroxyl groups is 1. The third kappa shape index (κ3) is 1.37. The van der Waals surface area contributed by atoms with Gasteiger partial charge in [-0.2, -0.15) is 0 Å². The zero-order chi connectivity index (χ0) is 9.30. The van der Waals surface area contributed by atoms with Gasteiger partial charge >= 0.3 is 5.97 Å². The summed E-state index contributed by atoms with van der Waals surface area (Å²) in [7, 11) is 0. The molecule has 0 amide bonds. The van der Waals surface area contributed by atoms with Crippen LogP contribution in [0.1, 0.15) is 15.9 Å². The van der Waals surface area contributed by atoms with Gasteiger partial charge in [0, 0.05) is 0 Å². The molecule has 1 aromatic carbocycles. The summed E-state index contributed by atoms with van der Waals surface area (Å²) in [5, 5.41) is 17.6. The van der Waals surface area contributed by atoms with Gasteiger partial charge in [-0.25, -0.2) is 9.18 Å². The van der Waals surface area contributed by atoms with Crippen molar-refractivity contribution in [3.63, 3.8) is 0 Å². The monoisotopic (exact) mass is 170 g/mol. The molecule has 2 N–H and O–H groups in total. The van der Waals surface area contributed by atoms with Crippen LogP contribution in [0, 0.1) is 12.7 Å². The maximum atomic E-state index is 12.6. The minimum absolute atomic E-state index is 0.215. The van der Waals surface area contributed by atoms with Crippen LogP contribution in [0.3, 0.4) is 0 Å². The molecule has 4 heteroatoms. The van der Waals surface area contributed by atoms with Crippen LogP contribution in [0.25, 0.3) is 0 Å². The Balaban J connectivity index is 3.37. The minimum Gasteiger partial charge on any atom is -0.507 e. The van der Waals surface area contributed by atoms with E-state index < -0.39 is 17.3 Å². The van der Waals surface area contributed by atoms with Crippen molar-refractivity contribution in [1.29, 1.82) is 0 Å². The highest BCUT2D eigenvalue weighted by atomic mass is 19.1. The van der Waals surface area contributed by atoms with E-state index in [0.717, 1.165) is 12.1 Å². The molecule has 0 aliphatic rings. The lowest BCUT2D eigenvalue weighted by atomic mass is 10.1. The highest BCUT2D eigenvalue weighted by molar-refractivity contribution is 5.91. The molecule has 1 aromatic rings. The Morgan fingerprint density at radius 3 is 2.58 bits per heavy atom. The van der Waals surface area contributed by atoms with E-state index in [1.807, 2.05) is 0 Å². The van der Waals surface area contributed by atoms with Gasteiger partial charge in [-0.15, -0.1) is 0 Å². The molecule has 0 aliphatic carbocycles. The van der Waals surface area contributed by atoms with Gasteiger partial charge in [-0.3, -0.25) is 0 Å². The summed E-state index contributed by atoms with van der Waals surface area (Å²) >= 11 is 0. The normalized spacial score (nSPS) is 9.83. The van der Waals surface area contributed by atoms with E-state index in [1.54, 1.807) is 0 Å². The standard InChI is InChI=1S/C8H7FO3/c1-4-2-5(9)3-6(7(4)10)8(11)12/h2-3,10H,1H3,(H,11,12). The molecule has 0 saturated carbocycles. The second-order valence-corrected chi connectivity index (χ2v) is 2.42. The fraction of sp³-hybridized carbons (Fsp3) is 0.125. The summed E-state index contributed by atoms with van der Waals surface area (Å²) in [5.41, 5.74) is -0.195. The summed E-state index contributed by atoms with van der Waals surface area (Å²) in [5.74, 6) is -2.39. The van der Waals surface area contributed by atoms with Crippen LogP contribution in [0.2, 0.25) is 0 Å². The van der Waals surface area contributed by atoms with E-state index in [2.05, 4.69) is 0 Å². The highest BCUT2D eigenvalue weighted by Crippen LogP contribution is 2.22. The van der Waals surface area contributed by atoms with Gasteiger partial charge in [0.05, 0.1) is 0 Å². The van der Waals surface area contributed by atoms with Gasteiger partial charge < -0.3 is 10.2 Å². The summed E-state index contributed by atoms with van der Waals surface area (Å²) in [6.45, 7) is 1.44. The number of carbonyl (C=O) groups is 1. The molecule has 0 aliphatic heterocycles. The van der Waals surface area contributed by atoms with Crippen molar-refractivity contribution in [1.82, 2.24) is 0 Å². The van der Waals surface area contributed by atoms with Gasteiger partial charge in [0.15, 0.2) is 0 Å². The Kier molecular flexibility index (Phi) is 1.99. The van der Waals surface area contributed by atoms with Crippen LogP contribution in [0.15, 0.2) is 12.1 Å². The first-order chi connectivity index (χ1) is 5.52. The molecular formula is C8H7FO3. The molecule has 0 aromatic heterocycles. The number of carboxylic acids is 1. The maximum absolute atomic E-state index is 12.6. The molecule has 1 rings (SSSR count). The van der Waals surface area contributed by atoms with Crippen molar-refractivity contribution in [3.8, 4) is 5.75 Å². The van der Waals surface area contributed by atoms with Crippen LogP contribution < -0.4 is 0 Å². The molecule has 0 saturated heterocycles. The molecule has 64 valence electrons. The average molecular weight is 170 g/mol. The van der Waals surface area contributed by atoms with Crippen molar-refractivity contribution in [2.75, 3.05) is 0 Å². The highest BCUT2D eigenvalue weighted by Gasteiger charge is 2.12. The van der Waals surface area contributed by atoms with E-state index in [9.17, 15) is 9.18 Å². The quantitative estimate of drug-likeness (QED) is 0.672. The molecule has 0 fully saturated rings. The Hall–Kier alpha value is -1.58. The lowest BCUT2D eigenvalue weighted by molar-refractivity contribution is 0.0693. The summed E-state index contributed by atoms with van der Waals surface area (Å²) in [4.78, 5) is 10.4. The first-order valence-electron chi connectivity index (χ1n) is 3.25. The Labute approximate surface area is 68.1 Å². The van der Waals surface area contributed by atoms with Crippen LogP contribution in [0.4, 0.5) is 4.39 Å². The van der Waals surface area contributed by atoms with Crippen molar-refractivity contribution in [2.45, 2.75) is 6.92 Å². The van der Waals surface area contributed by atoms with E-state index in [4.69, 9.17) is 10.2 Å². The van der Waals surface area contributed by atoms with E-state index >= 15 is 0 Å². The number of benzene rings is 1. The Morgan fingerprint density at radius 1 is 1.50 bits per heavy atom. The Bertz CT molecular complexity index is 333. The molecular weight excluding hydrogens is 163 g/mol. The van der Waals surface area contributed by atoms with Crippen LogP contribution in [-0.4, -0.2) is 16.2 Å². The topological polar surface area (TPSA) is 57.5 Å². The summed E-state index contributed by atoms with van der Waals surface area (Å²) in [6.07, 6.45) is 0. The first-order valence-corrected chi connectivity index (χ1v) is 3.25. The molecule has 3 nitrogen and oxygen atoms in total. The average Bonchev–Trinajstić information content (AvgIpc) is 1.96. The molecule has 0 radical (unpaired) electrons. The lowest BCUT2D eigenvalue weighted by Crippen LogP contribution is -1.98.